The first-order chi connectivity index (χ1) is 12.3. The monoisotopic (exact) mass is 394 g/mol. The second-order valence-electron chi connectivity index (χ2n) is 6.47. The van der Waals surface area contributed by atoms with Crippen LogP contribution in [0.3, 0.4) is 0 Å². The standard InChI is InChI=1S/C21H26ClNO2.ClH/c1-2-24-20-13-17(14-23-18-10-6-7-11-18)12-19(22)21(20)25-15-16-8-4-3-5-9-16;/h3-5,8-9,12-13,18,23H,2,6-7,10-11,14-15H2,1H3;1H/p-1. The molecule has 0 aromatic heterocycles. The molecule has 0 spiro atoms. The Morgan fingerprint density at radius 2 is 1.77 bits per heavy atom. The highest BCUT2D eigenvalue weighted by molar-refractivity contribution is 6.32. The molecular formula is C21H26Cl2NO2-. The molecule has 0 unspecified atom stereocenters. The predicted molar refractivity (Wildman–Crippen MR) is 102 cm³/mol. The van der Waals surface area contributed by atoms with Crippen molar-refractivity contribution in [3.63, 3.8) is 0 Å². The second kappa shape index (κ2) is 10.7. The summed E-state index contributed by atoms with van der Waals surface area (Å²) in [6.07, 6.45) is 5.19. The summed E-state index contributed by atoms with van der Waals surface area (Å²) in [7, 11) is 0. The number of benzene rings is 2. The molecule has 0 saturated heterocycles. The summed E-state index contributed by atoms with van der Waals surface area (Å²) < 4.78 is 11.7. The SMILES string of the molecule is CCOc1cc(CNC2CCCC2)cc(Cl)c1OCc1ccccc1.[Cl-]. The van der Waals surface area contributed by atoms with E-state index in [2.05, 4.69) is 5.32 Å². The normalized spacial score (nSPS) is 14.1. The molecule has 0 radical (unpaired) electrons. The minimum absolute atomic E-state index is 0. The van der Waals surface area contributed by atoms with E-state index in [0.717, 1.165) is 17.7 Å². The molecular weight excluding hydrogens is 369 g/mol. The van der Waals surface area contributed by atoms with E-state index in [1.54, 1.807) is 0 Å². The van der Waals surface area contributed by atoms with Crippen LogP contribution in [0.25, 0.3) is 0 Å². The minimum atomic E-state index is 0. The zero-order valence-corrected chi connectivity index (χ0v) is 16.7. The summed E-state index contributed by atoms with van der Waals surface area (Å²) in [5, 5.41) is 4.22. The van der Waals surface area contributed by atoms with Gasteiger partial charge >= 0.3 is 0 Å². The summed E-state index contributed by atoms with van der Waals surface area (Å²) in [5.41, 5.74) is 2.24. The van der Waals surface area contributed by atoms with Crippen molar-refractivity contribution >= 4 is 11.6 Å². The zero-order valence-electron chi connectivity index (χ0n) is 15.1. The smallest absolute Gasteiger partial charge is 0.180 e. The molecule has 1 saturated carbocycles. The van der Waals surface area contributed by atoms with Crippen LogP contribution >= 0.6 is 11.6 Å². The van der Waals surface area contributed by atoms with Crippen molar-refractivity contribution in [2.45, 2.75) is 51.8 Å². The van der Waals surface area contributed by atoms with Gasteiger partial charge in [0.1, 0.15) is 6.61 Å². The van der Waals surface area contributed by atoms with E-state index in [1.807, 2.05) is 49.4 Å². The van der Waals surface area contributed by atoms with Crippen LogP contribution in [-0.4, -0.2) is 12.6 Å². The van der Waals surface area contributed by atoms with Crippen LogP contribution in [0.2, 0.25) is 5.02 Å². The van der Waals surface area contributed by atoms with Crippen LogP contribution in [0.15, 0.2) is 42.5 Å². The lowest BCUT2D eigenvalue weighted by Crippen LogP contribution is -3.00. The van der Waals surface area contributed by atoms with Crippen LogP contribution < -0.4 is 27.2 Å². The minimum Gasteiger partial charge on any atom is -1.00 e. The average molecular weight is 395 g/mol. The van der Waals surface area contributed by atoms with E-state index in [-0.39, 0.29) is 12.4 Å². The number of hydrogen-bond acceptors (Lipinski definition) is 3. The van der Waals surface area contributed by atoms with E-state index in [0.29, 0.717) is 35.8 Å². The Bertz CT molecular complexity index is 673. The molecule has 26 heavy (non-hydrogen) atoms. The van der Waals surface area contributed by atoms with Crippen molar-refractivity contribution in [1.82, 2.24) is 5.32 Å². The summed E-state index contributed by atoms with van der Waals surface area (Å²) in [5.74, 6) is 1.34. The first-order valence-electron chi connectivity index (χ1n) is 9.11. The predicted octanol–water partition coefficient (Wildman–Crippen LogP) is 2.35. The second-order valence-corrected chi connectivity index (χ2v) is 6.88. The van der Waals surface area contributed by atoms with Gasteiger partial charge < -0.3 is 27.2 Å². The Morgan fingerprint density at radius 3 is 2.46 bits per heavy atom. The lowest BCUT2D eigenvalue weighted by atomic mass is 10.1. The third-order valence-electron chi connectivity index (χ3n) is 4.55. The van der Waals surface area contributed by atoms with Gasteiger partial charge in [-0.3, -0.25) is 0 Å². The third-order valence-corrected chi connectivity index (χ3v) is 4.83. The van der Waals surface area contributed by atoms with Gasteiger partial charge in [0.2, 0.25) is 0 Å². The van der Waals surface area contributed by atoms with Gasteiger partial charge in [0, 0.05) is 12.6 Å². The van der Waals surface area contributed by atoms with Crippen LogP contribution in [0, 0.1) is 0 Å². The zero-order chi connectivity index (χ0) is 17.5. The molecule has 0 amide bonds. The molecule has 3 nitrogen and oxygen atoms in total. The van der Waals surface area contributed by atoms with E-state index < -0.39 is 0 Å². The van der Waals surface area contributed by atoms with Gasteiger partial charge in [0.25, 0.3) is 0 Å². The molecule has 3 rings (SSSR count). The number of halogens is 2. The highest BCUT2D eigenvalue weighted by Crippen LogP contribution is 2.37. The molecule has 1 aliphatic carbocycles. The fourth-order valence-corrected chi connectivity index (χ4v) is 3.54. The molecule has 142 valence electrons. The first kappa shape index (κ1) is 20.9. The molecule has 1 aliphatic rings. The van der Waals surface area contributed by atoms with Crippen molar-refractivity contribution in [2.75, 3.05) is 6.61 Å². The van der Waals surface area contributed by atoms with E-state index >= 15 is 0 Å². The molecule has 0 heterocycles. The summed E-state index contributed by atoms with van der Waals surface area (Å²) in [6, 6.07) is 14.7. The Balaban J connectivity index is 0.00000243. The van der Waals surface area contributed by atoms with Gasteiger partial charge in [0.15, 0.2) is 11.5 Å². The van der Waals surface area contributed by atoms with Gasteiger partial charge in [-0.25, -0.2) is 0 Å². The van der Waals surface area contributed by atoms with Crippen molar-refractivity contribution in [1.29, 1.82) is 0 Å². The quantitative estimate of drug-likeness (QED) is 0.745. The maximum absolute atomic E-state index is 6.50. The van der Waals surface area contributed by atoms with Gasteiger partial charge in [-0.2, -0.15) is 0 Å². The van der Waals surface area contributed by atoms with Crippen LogP contribution in [-0.2, 0) is 13.2 Å². The maximum Gasteiger partial charge on any atom is 0.180 e. The Kier molecular flexibility index (Phi) is 8.56. The van der Waals surface area contributed by atoms with Gasteiger partial charge in [-0.1, -0.05) is 54.8 Å². The van der Waals surface area contributed by atoms with Crippen molar-refractivity contribution in [2.24, 2.45) is 0 Å². The largest absolute Gasteiger partial charge is 1.00 e. The molecule has 0 atom stereocenters. The van der Waals surface area contributed by atoms with Gasteiger partial charge in [-0.15, -0.1) is 0 Å². The highest BCUT2D eigenvalue weighted by atomic mass is 35.5. The Labute approximate surface area is 167 Å². The highest BCUT2D eigenvalue weighted by Gasteiger charge is 2.16. The molecule has 1 N–H and O–H groups in total. The summed E-state index contributed by atoms with van der Waals surface area (Å²) in [6.45, 7) is 3.83. The average Bonchev–Trinajstić information content (AvgIpc) is 3.14. The Hall–Kier alpha value is -1.42. The third kappa shape index (κ3) is 5.80. The van der Waals surface area contributed by atoms with Crippen LogP contribution in [0.1, 0.15) is 43.7 Å². The van der Waals surface area contributed by atoms with Crippen molar-refractivity contribution in [3.8, 4) is 11.5 Å². The maximum atomic E-state index is 6.50. The molecule has 0 bridgehead atoms. The fourth-order valence-electron chi connectivity index (χ4n) is 3.25. The number of nitrogens with one attached hydrogen (secondary N) is 1. The first-order valence-corrected chi connectivity index (χ1v) is 9.49. The van der Waals surface area contributed by atoms with E-state index in [9.17, 15) is 0 Å². The lowest BCUT2D eigenvalue weighted by molar-refractivity contribution is -0.00000586. The number of rotatable bonds is 8. The van der Waals surface area contributed by atoms with E-state index in [4.69, 9.17) is 21.1 Å². The van der Waals surface area contributed by atoms with Gasteiger partial charge in [0.05, 0.1) is 11.6 Å². The summed E-state index contributed by atoms with van der Waals surface area (Å²) in [4.78, 5) is 0. The topological polar surface area (TPSA) is 30.5 Å². The molecule has 5 heteroatoms. The lowest BCUT2D eigenvalue weighted by Gasteiger charge is -2.17. The molecule has 1 fully saturated rings. The summed E-state index contributed by atoms with van der Waals surface area (Å²) >= 11 is 6.50. The molecule has 0 aliphatic heterocycles. The van der Waals surface area contributed by atoms with E-state index in [1.165, 1.54) is 25.7 Å². The molecule has 2 aromatic carbocycles. The van der Waals surface area contributed by atoms with Crippen LogP contribution in [0.4, 0.5) is 0 Å². The van der Waals surface area contributed by atoms with Gasteiger partial charge in [-0.05, 0) is 43.0 Å². The number of hydrogen-bond donors (Lipinski definition) is 1. The van der Waals surface area contributed by atoms with Crippen molar-refractivity contribution < 1.29 is 21.9 Å². The molecule has 2 aromatic rings. The number of ether oxygens (including phenoxy) is 2. The van der Waals surface area contributed by atoms with Crippen molar-refractivity contribution in [3.05, 3.63) is 58.6 Å². The fraction of sp³-hybridized carbons (Fsp3) is 0.429. The van der Waals surface area contributed by atoms with Crippen LogP contribution in [0.5, 0.6) is 11.5 Å². The Morgan fingerprint density at radius 1 is 1.04 bits per heavy atom.